The Balaban J connectivity index is 0.000000606. The summed E-state index contributed by atoms with van der Waals surface area (Å²) in [6.07, 6.45) is 0. The summed E-state index contributed by atoms with van der Waals surface area (Å²) in [6.45, 7) is 7.35. The highest BCUT2D eigenvalue weighted by Gasteiger charge is 2.34. The van der Waals surface area contributed by atoms with Gasteiger partial charge in [-0.15, -0.1) is 0 Å². The molecule has 0 N–H and O–H groups in total. The number of ether oxygens (including phenoxy) is 1. The Kier molecular flexibility index (Phi) is 4.03. The van der Waals surface area contributed by atoms with Crippen molar-refractivity contribution in [1.29, 1.82) is 0 Å². The van der Waals surface area contributed by atoms with Crippen LogP contribution in [-0.4, -0.2) is 6.61 Å². The van der Waals surface area contributed by atoms with Crippen LogP contribution in [0.15, 0.2) is 12.1 Å². The summed E-state index contributed by atoms with van der Waals surface area (Å²) in [4.78, 5) is 0. The zero-order valence-corrected chi connectivity index (χ0v) is 10.2. The van der Waals surface area contributed by atoms with Gasteiger partial charge in [-0.2, -0.15) is 0 Å². The molecule has 0 fully saturated rings. The zero-order valence-electron chi connectivity index (χ0n) is 10.2. The maximum Gasteiger partial charge on any atom is 0.156 e. The highest BCUT2D eigenvalue weighted by molar-refractivity contribution is 5.37. The minimum atomic E-state index is -1.57. The minimum Gasteiger partial charge on any atom is -0.373 e. The SMILES string of the molecule is CC.Cc1cc(F)c2c(c1)C(C)(F)COC2. The lowest BCUT2D eigenvalue weighted by atomic mass is 9.90. The van der Waals surface area contributed by atoms with Gasteiger partial charge in [0.1, 0.15) is 5.82 Å². The van der Waals surface area contributed by atoms with E-state index in [9.17, 15) is 8.78 Å². The van der Waals surface area contributed by atoms with E-state index in [1.165, 1.54) is 13.0 Å². The van der Waals surface area contributed by atoms with Crippen LogP contribution in [0.4, 0.5) is 8.78 Å². The molecule has 0 aliphatic carbocycles. The molecule has 90 valence electrons. The number of hydrogen-bond acceptors (Lipinski definition) is 1. The van der Waals surface area contributed by atoms with Crippen molar-refractivity contribution in [2.75, 3.05) is 6.61 Å². The largest absolute Gasteiger partial charge is 0.373 e. The molecule has 0 spiro atoms. The molecule has 1 heterocycles. The third-order valence-corrected chi connectivity index (χ3v) is 2.52. The smallest absolute Gasteiger partial charge is 0.156 e. The van der Waals surface area contributed by atoms with Crippen LogP contribution in [0, 0.1) is 12.7 Å². The minimum absolute atomic E-state index is 0.00287. The highest BCUT2D eigenvalue weighted by atomic mass is 19.1. The molecule has 16 heavy (non-hydrogen) atoms. The molecule has 2 rings (SSSR count). The molecule has 0 radical (unpaired) electrons. The van der Waals surface area contributed by atoms with Crippen molar-refractivity contribution in [1.82, 2.24) is 0 Å². The average molecular weight is 228 g/mol. The Morgan fingerprint density at radius 3 is 2.56 bits per heavy atom. The van der Waals surface area contributed by atoms with E-state index in [1.807, 2.05) is 13.8 Å². The maximum absolute atomic E-state index is 13.9. The molecule has 1 atom stereocenters. The lowest BCUT2D eigenvalue weighted by molar-refractivity contribution is -0.00646. The second kappa shape index (κ2) is 4.91. The van der Waals surface area contributed by atoms with Gasteiger partial charge in [-0.3, -0.25) is 0 Å². The fraction of sp³-hybridized carbons (Fsp3) is 0.538. The van der Waals surface area contributed by atoms with Gasteiger partial charge in [0.25, 0.3) is 0 Å². The number of aryl methyl sites for hydroxylation is 1. The van der Waals surface area contributed by atoms with Crippen LogP contribution in [0.2, 0.25) is 0 Å². The molecule has 1 unspecified atom stereocenters. The van der Waals surface area contributed by atoms with Crippen molar-refractivity contribution >= 4 is 0 Å². The van der Waals surface area contributed by atoms with Crippen molar-refractivity contribution in [3.05, 3.63) is 34.6 Å². The molecular weight excluding hydrogens is 210 g/mol. The summed E-state index contributed by atoms with van der Waals surface area (Å²) in [5.74, 6) is -0.372. The predicted molar refractivity (Wildman–Crippen MR) is 60.6 cm³/mol. The number of rotatable bonds is 0. The number of benzene rings is 1. The Morgan fingerprint density at radius 1 is 1.31 bits per heavy atom. The summed E-state index contributed by atoms with van der Waals surface area (Å²) in [5, 5.41) is 0. The molecular formula is C13H18F2O. The Bertz CT molecular complexity index is 372. The molecule has 1 aromatic carbocycles. The van der Waals surface area contributed by atoms with E-state index >= 15 is 0 Å². The van der Waals surface area contributed by atoms with Crippen molar-refractivity contribution in [2.45, 2.75) is 40.0 Å². The van der Waals surface area contributed by atoms with Gasteiger partial charge in [0, 0.05) is 5.56 Å². The first-order valence-electron chi connectivity index (χ1n) is 5.57. The molecule has 1 aromatic rings. The van der Waals surface area contributed by atoms with Crippen molar-refractivity contribution in [3.63, 3.8) is 0 Å². The summed E-state index contributed by atoms with van der Waals surface area (Å²) in [5.41, 5.74) is -0.0411. The average Bonchev–Trinajstić information content (AvgIpc) is 2.22. The monoisotopic (exact) mass is 228 g/mol. The number of alkyl halides is 1. The van der Waals surface area contributed by atoms with Crippen LogP contribution < -0.4 is 0 Å². The predicted octanol–water partition coefficient (Wildman–Crippen LogP) is 3.88. The number of halogens is 2. The van der Waals surface area contributed by atoms with Crippen LogP contribution in [0.3, 0.4) is 0 Å². The van der Waals surface area contributed by atoms with Gasteiger partial charge in [0.2, 0.25) is 0 Å². The van der Waals surface area contributed by atoms with Crippen LogP contribution in [0.25, 0.3) is 0 Å². The fourth-order valence-electron chi connectivity index (χ4n) is 1.81. The molecule has 1 nitrogen and oxygen atoms in total. The Labute approximate surface area is 95.4 Å². The Hall–Kier alpha value is -0.960. The van der Waals surface area contributed by atoms with Gasteiger partial charge in [0.05, 0.1) is 13.2 Å². The summed E-state index contributed by atoms with van der Waals surface area (Å²) >= 11 is 0. The summed E-state index contributed by atoms with van der Waals surface area (Å²) < 4.78 is 32.4. The Morgan fingerprint density at radius 2 is 1.94 bits per heavy atom. The lowest BCUT2D eigenvalue weighted by Crippen LogP contribution is -2.29. The fourth-order valence-corrected chi connectivity index (χ4v) is 1.81. The lowest BCUT2D eigenvalue weighted by Gasteiger charge is -2.29. The van der Waals surface area contributed by atoms with Crippen LogP contribution in [0.5, 0.6) is 0 Å². The maximum atomic E-state index is 13.9. The van der Waals surface area contributed by atoms with Crippen molar-refractivity contribution in [2.24, 2.45) is 0 Å². The molecule has 0 amide bonds. The third kappa shape index (κ3) is 2.40. The summed E-state index contributed by atoms with van der Waals surface area (Å²) in [7, 11) is 0. The molecule has 1 aliphatic rings. The van der Waals surface area contributed by atoms with E-state index in [1.54, 1.807) is 13.0 Å². The summed E-state index contributed by atoms with van der Waals surface area (Å²) in [6, 6.07) is 3.10. The van der Waals surface area contributed by atoms with Gasteiger partial charge >= 0.3 is 0 Å². The standard InChI is InChI=1S/C11H12F2O.C2H6/c1-7-3-9-8(10(12)4-7)5-14-6-11(9,2)13;1-2/h3-4H,5-6H2,1-2H3;1-2H3. The molecule has 0 aromatic heterocycles. The van der Waals surface area contributed by atoms with Crippen LogP contribution in [0.1, 0.15) is 37.5 Å². The number of hydrogen-bond donors (Lipinski definition) is 0. The van der Waals surface area contributed by atoms with Gasteiger partial charge < -0.3 is 4.74 Å². The van der Waals surface area contributed by atoms with E-state index in [-0.39, 0.29) is 19.0 Å². The molecule has 0 saturated carbocycles. The van der Waals surface area contributed by atoms with Gasteiger partial charge in [0.15, 0.2) is 5.67 Å². The highest BCUT2D eigenvalue weighted by Crippen LogP contribution is 2.35. The van der Waals surface area contributed by atoms with E-state index in [0.29, 0.717) is 11.1 Å². The van der Waals surface area contributed by atoms with E-state index in [0.717, 1.165) is 5.56 Å². The van der Waals surface area contributed by atoms with E-state index in [4.69, 9.17) is 4.74 Å². The van der Waals surface area contributed by atoms with Crippen molar-refractivity contribution < 1.29 is 13.5 Å². The molecule has 0 saturated heterocycles. The van der Waals surface area contributed by atoms with Crippen LogP contribution >= 0.6 is 0 Å². The number of fused-ring (bicyclic) bond motifs is 1. The quantitative estimate of drug-likeness (QED) is 0.655. The first-order chi connectivity index (χ1) is 7.50. The van der Waals surface area contributed by atoms with Gasteiger partial charge in [-0.25, -0.2) is 8.78 Å². The first kappa shape index (κ1) is 13.1. The first-order valence-corrected chi connectivity index (χ1v) is 5.57. The van der Waals surface area contributed by atoms with Gasteiger partial charge in [-0.05, 0) is 31.0 Å². The second-order valence-corrected chi connectivity index (χ2v) is 3.96. The molecule has 0 bridgehead atoms. The van der Waals surface area contributed by atoms with E-state index < -0.39 is 5.67 Å². The molecule has 1 aliphatic heterocycles. The second-order valence-electron chi connectivity index (χ2n) is 3.96. The van der Waals surface area contributed by atoms with Crippen LogP contribution in [-0.2, 0) is 17.0 Å². The van der Waals surface area contributed by atoms with E-state index in [2.05, 4.69) is 0 Å². The topological polar surface area (TPSA) is 9.23 Å². The van der Waals surface area contributed by atoms with Gasteiger partial charge in [-0.1, -0.05) is 19.9 Å². The third-order valence-electron chi connectivity index (χ3n) is 2.52. The normalized spacial score (nSPS) is 23.1. The molecule has 3 heteroatoms. The zero-order chi connectivity index (χ0) is 12.3. The van der Waals surface area contributed by atoms with Crippen molar-refractivity contribution in [3.8, 4) is 0 Å².